The van der Waals surface area contributed by atoms with Crippen molar-refractivity contribution in [1.82, 2.24) is 10.9 Å². The van der Waals surface area contributed by atoms with Gasteiger partial charge in [-0.2, -0.15) is 0 Å². The van der Waals surface area contributed by atoms with E-state index in [0.29, 0.717) is 16.3 Å². The number of benzene rings is 3. The number of hydrogen-bond donors (Lipinski definition) is 2. The van der Waals surface area contributed by atoms with Gasteiger partial charge in [-0.1, -0.05) is 41.9 Å². The maximum Gasteiger partial charge on any atom is 0.269 e. The molecule has 3 aromatic rings. The Bertz CT molecular complexity index is 1240. The SMILES string of the molecule is Cc1ccccc1C(=O)NNC(=O)c1cccc(S(=O)(=O)N(C)c2cccc(Cl)c2)c1. The summed E-state index contributed by atoms with van der Waals surface area (Å²) < 4.78 is 27.1. The van der Waals surface area contributed by atoms with Gasteiger partial charge in [-0.3, -0.25) is 24.7 Å². The fourth-order valence-electron chi connectivity index (χ4n) is 2.85. The van der Waals surface area contributed by atoms with Crippen molar-refractivity contribution in [3.63, 3.8) is 0 Å². The Kier molecular flexibility index (Phi) is 6.62. The van der Waals surface area contributed by atoms with Crippen LogP contribution in [0.2, 0.25) is 5.02 Å². The van der Waals surface area contributed by atoms with Crippen LogP contribution in [0.4, 0.5) is 5.69 Å². The summed E-state index contributed by atoms with van der Waals surface area (Å²) in [7, 11) is -2.54. The van der Waals surface area contributed by atoms with E-state index in [0.717, 1.165) is 9.87 Å². The molecular formula is C22H20ClN3O4S. The molecule has 0 saturated carbocycles. The molecule has 7 nitrogen and oxygen atoms in total. The minimum atomic E-state index is -3.94. The number of sulfonamides is 1. The van der Waals surface area contributed by atoms with E-state index in [2.05, 4.69) is 10.9 Å². The van der Waals surface area contributed by atoms with E-state index in [4.69, 9.17) is 11.6 Å². The lowest BCUT2D eigenvalue weighted by atomic mass is 10.1. The Balaban J connectivity index is 1.77. The van der Waals surface area contributed by atoms with Gasteiger partial charge in [0.05, 0.1) is 10.6 Å². The molecule has 3 rings (SSSR count). The molecule has 31 heavy (non-hydrogen) atoms. The number of hydrogen-bond acceptors (Lipinski definition) is 4. The summed E-state index contributed by atoms with van der Waals surface area (Å²) in [5.41, 5.74) is 6.28. The van der Waals surface area contributed by atoms with Crippen LogP contribution >= 0.6 is 11.6 Å². The molecule has 2 amide bonds. The van der Waals surface area contributed by atoms with E-state index in [9.17, 15) is 18.0 Å². The van der Waals surface area contributed by atoms with Crippen LogP contribution in [0.3, 0.4) is 0 Å². The van der Waals surface area contributed by atoms with Gasteiger partial charge in [-0.25, -0.2) is 8.42 Å². The summed E-state index contributed by atoms with van der Waals surface area (Å²) in [6, 6.07) is 18.9. The topological polar surface area (TPSA) is 95.6 Å². The van der Waals surface area contributed by atoms with Crippen molar-refractivity contribution in [2.75, 3.05) is 11.4 Å². The first-order valence-electron chi connectivity index (χ1n) is 9.21. The highest BCUT2D eigenvalue weighted by Crippen LogP contribution is 2.25. The quantitative estimate of drug-likeness (QED) is 0.573. The number of nitrogens with one attached hydrogen (secondary N) is 2. The monoisotopic (exact) mass is 457 g/mol. The number of aryl methyl sites for hydroxylation is 1. The number of carbonyl (C=O) groups excluding carboxylic acids is 2. The Morgan fingerprint density at radius 2 is 1.55 bits per heavy atom. The van der Waals surface area contributed by atoms with Gasteiger partial charge in [-0.05, 0) is 55.0 Å². The molecule has 0 unspecified atom stereocenters. The third-order valence-electron chi connectivity index (χ3n) is 4.61. The van der Waals surface area contributed by atoms with Crippen LogP contribution < -0.4 is 15.2 Å². The molecule has 0 aromatic heterocycles. The fraction of sp³-hybridized carbons (Fsp3) is 0.0909. The van der Waals surface area contributed by atoms with Crippen molar-refractivity contribution in [1.29, 1.82) is 0 Å². The zero-order valence-corrected chi connectivity index (χ0v) is 18.4. The molecule has 160 valence electrons. The van der Waals surface area contributed by atoms with Crippen molar-refractivity contribution in [2.45, 2.75) is 11.8 Å². The number of nitrogens with zero attached hydrogens (tertiary/aromatic N) is 1. The molecule has 0 aliphatic rings. The predicted molar refractivity (Wildman–Crippen MR) is 120 cm³/mol. The Labute approximate surface area is 185 Å². The highest BCUT2D eigenvalue weighted by Gasteiger charge is 2.23. The van der Waals surface area contributed by atoms with Gasteiger partial charge in [0.2, 0.25) is 0 Å². The molecule has 2 N–H and O–H groups in total. The number of anilines is 1. The van der Waals surface area contributed by atoms with Gasteiger partial charge in [0.25, 0.3) is 21.8 Å². The maximum absolute atomic E-state index is 13.0. The molecule has 0 aliphatic heterocycles. The van der Waals surface area contributed by atoms with Crippen molar-refractivity contribution in [3.05, 3.63) is 94.5 Å². The minimum absolute atomic E-state index is 0.0747. The van der Waals surface area contributed by atoms with E-state index >= 15 is 0 Å². The van der Waals surface area contributed by atoms with Crippen molar-refractivity contribution in [3.8, 4) is 0 Å². The number of carbonyl (C=O) groups is 2. The standard InChI is InChI=1S/C22H20ClN3O4S/c1-15-7-3-4-12-20(15)22(28)25-24-21(27)16-8-5-11-19(13-16)31(29,30)26(2)18-10-6-9-17(23)14-18/h3-14H,1-2H3,(H,24,27)(H,25,28). The molecule has 9 heteroatoms. The zero-order chi connectivity index (χ0) is 22.6. The van der Waals surface area contributed by atoms with Crippen LogP contribution in [0.15, 0.2) is 77.7 Å². The number of hydrazine groups is 1. The number of rotatable bonds is 5. The van der Waals surface area contributed by atoms with Gasteiger partial charge in [0.1, 0.15) is 0 Å². The highest BCUT2D eigenvalue weighted by atomic mass is 35.5. The molecule has 0 bridgehead atoms. The summed E-state index contributed by atoms with van der Waals surface area (Å²) >= 11 is 5.96. The lowest BCUT2D eigenvalue weighted by Gasteiger charge is -2.20. The lowest BCUT2D eigenvalue weighted by molar-refractivity contribution is 0.0846. The van der Waals surface area contributed by atoms with E-state index in [1.54, 1.807) is 49.4 Å². The number of halogens is 1. The normalized spacial score (nSPS) is 10.9. The minimum Gasteiger partial charge on any atom is -0.269 e. The van der Waals surface area contributed by atoms with E-state index in [-0.39, 0.29) is 10.5 Å². The van der Waals surface area contributed by atoms with Gasteiger partial charge < -0.3 is 0 Å². The second kappa shape index (κ2) is 9.20. The first-order valence-corrected chi connectivity index (χ1v) is 11.0. The summed E-state index contributed by atoms with van der Waals surface area (Å²) in [6.45, 7) is 1.78. The summed E-state index contributed by atoms with van der Waals surface area (Å²) in [5.74, 6) is -1.12. The molecule has 0 aliphatic carbocycles. The fourth-order valence-corrected chi connectivity index (χ4v) is 4.27. The molecule has 0 heterocycles. The van der Waals surface area contributed by atoms with Crippen molar-refractivity contribution >= 4 is 39.1 Å². The Morgan fingerprint density at radius 3 is 2.26 bits per heavy atom. The second-order valence-electron chi connectivity index (χ2n) is 6.70. The van der Waals surface area contributed by atoms with Gasteiger partial charge >= 0.3 is 0 Å². The summed E-state index contributed by atoms with van der Waals surface area (Å²) in [4.78, 5) is 24.7. The molecule has 3 aromatic carbocycles. The molecule has 0 saturated heterocycles. The largest absolute Gasteiger partial charge is 0.269 e. The van der Waals surface area contributed by atoms with Crippen molar-refractivity contribution < 1.29 is 18.0 Å². The van der Waals surface area contributed by atoms with E-state index in [1.807, 2.05) is 0 Å². The van der Waals surface area contributed by atoms with Gasteiger partial charge in [0.15, 0.2) is 0 Å². The Morgan fingerprint density at radius 1 is 0.871 bits per heavy atom. The van der Waals surface area contributed by atoms with E-state index < -0.39 is 21.8 Å². The highest BCUT2D eigenvalue weighted by molar-refractivity contribution is 7.92. The second-order valence-corrected chi connectivity index (χ2v) is 9.11. The predicted octanol–water partition coefficient (Wildman–Crippen LogP) is 3.55. The lowest BCUT2D eigenvalue weighted by Crippen LogP contribution is -2.42. The van der Waals surface area contributed by atoms with Gasteiger partial charge in [-0.15, -0.1) is 0 Å². The van der Waals surface area contributed by atoms with Crippen molar-refractivity contribution in [2.24, 2.45) is 0 Å². The first kappa shape index (κ1) is 22.3. The van der Waals surface area contributed by atoms with Crippen LogP contribution in [0.1, 0.15) is 26.3 Å². The van der Waals surface area contributed by atoms with Crippen LogP contribution in [0.25, 0.3) is 0 Å². The zero-order valence-electron chi connectivity index (χ0n) is 16.8. The van der Waals surface area contributed by atoms with Gasteiger partial charge in [0, 0.05) is 23.2 Å². The maximum atomic E-state index is 13.0. The Hall–Kier alpha value is -3.36. The van der Waals surface area contributed by atoms with Crippen LogP contribution in [0, 0.1) is 6.92 Å². The third-order valence-corrected chi connectivity index (χ3v) is 6.62. The molecular weight excluding hydrogens is 438 g/mol. The van der Waals surface area contributed by atoms with Crippen LogP contribution in [0.5, 0.6) is 0 Å². The average Bonchev–Trinajstić information content (AvgIpc) is 2.77. The summed E-state index contributed by atoms with van der Waals surface area (Å²) in [6.07, 6.45) is 0. The average molecular weight is 458 g/mol. The van der Waals surface area contributed by atoms with Crippen LogP contribution in [-0.4, -0.2) is 27.3 Å². The molecule has 0 atom stereocenters. The van der Waals surface area contributed by atoms with E-state index in [1.165, 1.54) is 37.4 Å². The molecule has 0 radical (unpaired) electrons. The number of amides is 2. The molecule has 0 spiro atoms. The third kappa shape index (κ3) is 5.04. The first-order chi connectivity index (χ1) is 14.7. The van der Waals surface area contributed by atoms with Crippen LogP contribution in [-0.2, 0) is 10.0 Å². The molecule has 0 fully saturated rings. The smallest absolute Gasteiger partial charge is 0.269 e. The summed E-state index contributed by atoms with van der Waals surface area (Å²) in [5, 5.41) is 0.400.